The van der Waals surface area contributed by atoms with Crippen molar-refractivity contribution in [2.24, 2.45) is 5.73 Å². The quantitative estimate of drug-likeness (QED) is 0.813. The van der Waals surface area contributed by atoms with Crippen molar-refractivity contribution in [1.29, 1.82) is 0 Å². The van der Waals surface area contributed by atoms with Gasteiger partial charge in [0.05, 0.1) is 6.54 Å². The van der Waals surface area contributed by atoms with Crippen molar-refractivity contribution in [2.75, 3.05) is 25.0 Å². The fourth-order valence-corrected chi connectivity index (χ4v) is 1.81. The fourth-order valence-electron chi connectivity index (χ4n) is 1.81. The number of hydrogen-bond acceptors (Lipinski definition) is 3. The Morgan fingerprint density at radius 1 is 1.29 bits per heavy atom. The average molecular weight is 303 g/mol. The highest BCUT2D eigenvalue weighted by atomic mass is 19.4. The van der Waals surface area contributed by atoms with Crippen LogP contribution in [-0.4, -0.2) is 36.6 Å². The number of nitrogens with two attached hydrogens (primary N) is 1. The van der Waals surface area contributed by atoms with Crippen LogP contribution in [0.25, 0.3) is 0 Å². The third-order valence-corrected chi connectivity index (χ3v) is 2.98. The molecule has 21 heavy (non-hydrogen) atoms. The Kier molecular flexibility index (Phi) is 6.64. The number of rotatable bonds is 7. The number of alkyl halides is 3. The number of anilines is 1. The zero-order valence-electron chi connectivity index (χ0n) is 11.9. The molecule has 7 heteroatoms. The van der Waals surface area contributed by atoms with E-state index < -0.39 is 12.7 Å². The van der Waals surface area contributed by atoms with Crippen molar-refractivity contribution in [3.05, 3.63) is 29.8 Å². The van der Waals surface area contributed by atoms with Crippen molar-refractivity contribution in [2.45, 2.75) is 26.1 Å². The minimum Gasteiger partial charge on any atom is -0.326 e. The highest BCUT2D eigenvalue weighted by Crippen LogP contribution is 2.16. The van der Waals surface area contributed by atoms with Gasteiger partial charge in [0.15, 0.2) is 0 Å². The first-order chi connectivity index (χ1) is 9.84. The monoisotopic (exact) mass is 303 g/mol. The van der Waals surface area contributed by atoms with Gasteiger partial charge in [0, 0.05) is 25.2 Å². The van der Waals surface area contributed by atoms with Crippen molar-refractivity contribution in [3.63, 3.8) is 0 Å². The Hall–Kier alpha value is -1.60. The van der Waals surface area contributed by atoms with Gasteiger partial charge in [-0.15, -0.1) is 0 Å². The van der Waals surface area contributed by atoms with Gasteiger partial charge in [-0.1, -0.05) is 19.1 Å². The zero-order valence-corrected chi connectivity index (χ0v) is 11.9. The Balaban J connectivity index is 2.42. The molecule has 0 heterocycles. The molecule has 3 N–H and O–H groups in total. The molecule has 1 aromatic rings. The van der Waals surface area contributed by atoms with Crippen LogP contribution >= 0.6 is 0 Å². The van der Waals surface area contributed by atoms with Crippen LogP contribution in [0.15, 0.2) is 24.3 Å². The number of carbonyl (C=O) groups excluding carboxylic acids is 1. The molecule has 0 aliphatic carbocycles. The maximum atomic E-state index is 12.3. The summed E-state index contributed by atoms with van der Waals surface area (Å²) in [5.74, 6) is -0.309. The van der Waals surface area contributed by atoms with Crippen LogP contribution in [0.1, 0.15) is 18.9 Å². The predicted octanol–water partition coefficient (Wildman–Crippen LogP) is 2.36. The van der Waals surface area contributed by atoms with E-state index in [1.165, 1.54) is 4.90 Å². The van der Waals surface area contributed by atoms with Gasteiger partial charge in [-0.3, -0.25) is 9.69 Å². The zero-order chi connectivity index (χ0) is 15.9. The summed E-state index contributed by atoms with van der Waals surface area (Å²) in [6.45, 7) is 1.37. The van der Waals surface area contributed by atoms with Gasteiger partial charge in [-0.05, 0) is 24.2 Å². The second-order valence-corrected chi connectivity index (χ2v) is 4.68. The van der Waals surface area contributed by atoms with Crippen molar-refractivity contribution in [3.8, 4) is 0 Å². The standard InChI is InChI=1S/C14H20F3N3O/c1-2-20(10-14(15,16)17)8-7-13(21)19-12-5-3-11(9-18)4-6-12/h3-6H,2,7-10,18H2,1H3,(H,19,21). The van der Waals surface area contributed by atoms with Gasteiger partial charge in [0.1, 0.15) is 0 Å². The summed E-state index contributed by atoms with van der Waals surface area (Å²) < 4.78 is 36.8. The highest BCUT2D eigenvalue weighted by molar-refractivity contribution is 5.90. The maximum absolute atomic E-state index is 12.3. The van der Waals surface area contributed by atoms with E-state index in [-0.39, 0.29) is 25.4 Å². The van der Waals surface area contributed by atoms with Crippen molar-refractivity contribution >= 4 is 11.6 Å². The van der Waals surface area contributed by atoms with Gasteiger partial charge < -0.3 is 11.1 Å². The van der Waals surface area contributed by atoms with Gasteiger partial charge >= 0.3 is 6.18 Å². The second kappa shape index (κ2) is 7.99. The summed E-state index contributed by atoms with van der Waals surface area (Å²) in [6, 6.07) is 7.01. The average Bonchev–Trinajstić information content (AvgIpc) is 2.43. The number of hydrogen-bond donors (Lipinski definition) is 2. The van der Waals surface area contributed by atoms with E-state index in [0.29, 0.717) is 12.2 Å². The number of nitrogens with one attached hydrogen (secondary N) is 1. The Bertz CT molecular complexity index is 446. The SMILES string of the molecule is CCN(CCC(=O)Nc1ccc(CN)cc1)CC(F)(F)F. The van der Waals surface area contributed by atoms with Crippen molar-refractivity contribution < 1.29 is 18.0 Å². The third kappa shape index (κ3) is 7.10. The molecule has 1 aromatic carbocycles. The number of halogens is 3. The summed E-state index contributed by atoms with van der Waals surface area (Å²) in [6.07, 6.45) is -4.23. The molecule has 118 valence electrons. The lowest BCUT2D eigenvalue weighted by Crippen LogP contribution is -2.36. The van der Waals surface area contributed by atoms with E-state index in [2.05, 4.69) is 5.32 Å². The van der Waals surface area contributed by atoms with Gasteiger partial charge in [0.2, 0.25) is 5.91 Å². The molecule has 1 rings (SSSR count). The van der Waals surface area contributed by atoms with Crippen LogP contribution in [0.3, 0.4) is 0 Å². The van der Waals surface area contributed by atoms with Crippen molar-refractivity contribution in [1.82, 2.24) is 4.90 Å². The normalized spacial score (nSPS) is 11.7. The maximum Gasteiger partial charge on any atom is 0.401 e. The first-order valence-corrected chi connectivity index (χ1v) is 6.72. The molecular weight excluding hydrogens is 283 g/mol. The summed E-state index contributed by atoms with van der Waals surface area (Å²) in [7, 11) is 0. The molecule has 0 aliphatic heterocycles. The molecular formula is C14H20F3N3O. The summed E-state index contributed by atoms with van der Waals surface area (Å²) in [4.78, 5) is 12.9. The molecule has 0 aromatic heterocycles. The fraction of sp³-hybridized carbons (Fsp3) is 0.500. The molecule has 0 aliphatic rings. The Morgan fingerprint density at radius 2 is 1.90 bits per heavy atom. The first kappa shape index (κ1) is 17.5. The largest absolute Gasteiger partial charge is 0.401 e. The Morgan fingerprint density at radius 3 is 2.38 bits per heavy atom. The molecule has 0 unspecified atom stereocenters. The van der Waals surface area contributed by atoms with E-state index in [4.69, 9.17) is 5.73 Å². The molecule has 0 spiro atoms. The molecule has 0 bridgehead atoms. The van der Waals surface area contributed by atoms with E-state index >= 15 is 0 Å². The van der Waals surface area contributed by atoms with Crippen LogP contribution < -0.4 is 11.1 Å². The minimum absolute atomic E-state index is 0.0164. The van der Waals surface area contributed by atoms with Crippen LogP contribution in [0.2, 0.25) is 0 Å². The van der Waals surface area contributed by atoms with E-state index in [0.717, 1.165) is 5.56 Å². The van der Waals surface area contributed by atoms with E-state index in [1.54, 1.807) is 31.2 Å². The molecule has 0 atom stereocenters. The molecule has 0 saturated heterocycles. The molecule has 0 fully saturated rings. The summed E-state index contributed by atoms with van der Waals surface area (Å²) in [5.41, 5.74) is 7.01. The number of benzene rings is 1. The summed E-state index contributed by atoms with van der Waals surface area (Å²) >= 11 is 0. The lowest BCUT2D eigenvalue weighted by atomic mass is 10.2. The number of nitrogens with zero attached hydrogens (tertiary/aromatic N) is 1. The molecule has 1 amide bonds. The number of carbonyl (C=O) groups is 1. The van der Waals surface area contributed by atoms with Crippen LogP contribution in [0.5, 0.6) is 0 Å². The van der Waals surface area contributed by atoms with Crippen LogP contribution in [-0.2, 0) is 11.3 Å². The second-order valence-electron chi connectivity index (χ2n) is 4.68. The van der Waals surface area contributed by atoms with Gasteiger partial charge in [-0.25, -0.2) is 0 Å². The van der Waals surface area contributed by atoms with Gasteiger partial charge in [-0.2, -0.15) is 13.2 Å². The smallest absolute Gasteiger partial charge is 0.326 e. The third-order valence-electron chi connectivity index (χ3n) is 2.98. The van der Waals surface area contributed by atoms with E-state index in [1.807, 2.05) is 0 Å². The number of amides is 1. The first-order valence-electron chi connectivity index (χ1n) is 6.72. The lowest BCUT2D eigenvalue weighted by molar-refractivity contribution is -0.146. The van der Waals surface area contributed by atoms with Crippen LogP contribution in [0.4, 0.5) is 18.9 Å². The molecule has 0 saturated carbocycles. The lowest BCUT2D eigenvalue weighted by Gasteiger charge is -2.21. The highest BCUT2D eigenvalue weighted by Gasteiger charge is 2.30. The molecule has 4 nitrogen and oxygen atoms in total. The van der Waals surface area contributed by atoms with Gasteiger partial charge in [0.25, 0.3) is 0 Å². The van der Waals surface area contributed by atoms with Crippen LogP contribution in [0, 0.1) is 0 Å². The Labute approximate surface area is 122 Å². The predicted molar refractivity (Wildman–Crippen MR) is 75.7 cm³/mol. The minimum atomic E-state index is -4.25. The topological polar surface area (TPSA) is 58.4 Å². The molecule has 0 radical (unpaired) electrons. The van der Waals surface area contributed by atoms with E-state index in [9.17, 15) is 18.0 Å². The summed E-state index contributed by atoms with van der Waals surface area (Å²) in [5, 5.41) is 2.65.